The van der Waals surface area contributed by atoms with Gasteiger partial charge in [0.05, 0.1) is 48.6 Å². The first kappa shape index (κ1) is 24.8. The van der Waals surface area contributed by atoms with Gasteiger partial charge in [0.2, 0.25) is 0 Å². The second-order valence-electron chi connectivity index (χ2n) is 8.32. The summed E-state index contributed by atoms with van der Waals surface area (Å²) in [5, 5.41) is 12.4. The summed E-state index contributed by atoms with van der Waals surface area (Å²) >= 11 is 1.41. The van der Waals surface area contributed by atoms with Gasteiger partial charge in [0.25, 0.3) is 11.6 Å². The van der Waals surface area contributed by atoms with E-state index in [1.165, 1.54) is 42.6 Å². The van der Waals surface area contributed by atoms with Gasteiger partial charge in [-0.2, -0.15) is 0 Å². The number of anilines is 1. The van der Waals surface area contributed by atoms with Crippen LogP contribution < -0.4 is 14.4 Å². The molecular formula is C24H28N4O6S. The molecule has 1 aliphatic rings. The number of morpholine rings is 1. The number of carbonyl (C=O) groups excluding carboxylic acids is 1. The number of carbonyl (C=O) groups is 1. The van der Waals surface area contributed by atoms with E-state index in [1.54, 1.807) is 0 Å². The van der Waals surface area contributed by atoms with Crippen LogP contribution in [0.1, 0.15) is 21.5 Å². The van der Waals surface area contributed by atoms with Crippen LogP contribution in [0.4, 0.5) is 10.8 Å². The highest BCUT2D eigenvalue weighted by molar-refractivity contribution is 7.22. The number of fused-ring (bicyclic) bond motifs is 1. The van der Waals surface area contributed by atoms with Crippen LogP contribution in [-0.2, 0) is 4.74 Å². The van der Waals surface area contributed by atoms with Crippen molar-refractivity contribution >= 4 is 38.3 Å². The second kappa shape index (κ2) is 10.5. The highest BCUT2D eigenvalue weighted by atomic mass is 32.1. The fraction of sp³-hybridized carbons (Fsp3) is 0.417. The molecule has 0 spiro atoms. The molecule has 3 aromatic rings. The summed E-state index contributed by atoms with van der Waals surface area (Å²) in [6.45, 7) is 7.71. The fourth-order valence-corrected chi connectivity index (χ4v) is 5.21. The predicted molar refractivity (Wildman–Crippen MR) is 134 cm³/mol. The van der Waals surface area contributed by atoms with E-state index >= 15 is 0 Å². The molecule has 0 N–H and O–H groups in total. The lowest BCUT2D eigenvalue weighted by molar-refractivity contribution is -0.385. The molecule has 0 unspecified atom stereocenters. The molecule has 0 atom stereocenters. The minimum atomic E-state index is -0.582. The standard InChI is InChI=1S/C24H28N4O6S/c1-15-11-16(2)22-18(12-15)25-24(35-22)27(6-5-26-7-9-34-10-8-26)23(29)17-13-20(32-3)21(33-4)14-19(17)28(30)31/h11-14H,5-10H2,1-4H3. The van der Waals surface area contributed by atoms with E-state index in [0.29, 0.717) is 31.4 Å². The van der Waals surface area contributed by atoms with E-state index in [1.807, 2.05) is 19.9 Å². The molecule has 1 amide bonds. The number of nitrogens with zero attached hydrogens (tertiary/aromatic N) is 4. The Hall–Kier alpha value is -3.28. The molecule has 186 valence electrons. The fourth-order valence-electron chi connectivity index (χ4n) is 4.17. The Balaban J connectivity index is 1.78. The Labute approximate surface area is 207 Å². The van der Waals surface area contributed by atoms with Crippen LogP contribution in [0.15, 0.2) is 24.3 Å². The molecule has 1 aromatic heterocycles. The maximum Gasteiger partial charge on any atom is 0.286 e. The van der Waals surface area contributed by atoms with E-state index < -0.39 is 10.8 Å². The van der Waals surface area contributed by atoms with Crippen molar-refractivity contribution in [2.75, 3.05) is 58.5 Å². The third-order valence-electron chi connectivity index (χ3n) is 5.96. The zero-order valence-corrected chi connectivity index (χ0v) is 21.0. The van der Waals surface area contributed by atoms with Gasteiger partial charge in [0.15, 0.2) is 16.6 Å². The van der Waals surface area contributed by atoms with Crippen LogP contribution in [0.2, 0.25) is 0 Å². The van der Waals surface area contributed by atoms with Crippen molar-refractivity contribution in [1.82, 2.24) is 9.88 Å². The zero-order valence-electron chi connectivity index (χ0n) is 20.2. The Kier molecular flexibility index (Phi) is 7.48. The van der Waals surface area contributed by atoms with E-state index in [-0.39, 0.29) is 22.7 Å². The molecule has 0 saturated carbocycles. The zero-order chi connectivity index (χ0) is 25.1. The molecule has 11 heteroatoms. The van der Waals surface area contributed by atoms with E-state index in [2.05, 4.69) is 11.0 Å². The van der Waals surface area contributed by atoms with Crippen LogP contribution in [0, 0.1) is 24.0 Å². The van der Waals surface area contributed by atoms with Crippen molar-refractivity contribution in [2.24, 2.45) is 0 Å². The maximum absolute atomic E-state index is 13.9. The highest BCUT2D eigenvalue weighted by Crippen LogP contribution is 2.37. The molecule has 0 bridgehead atoms. The molecule has 35 heavy (non-hydrogen) atoms. The normalized spacial score (nSPS) is 14.2. The summed E-state index contributed by atoms with van der Waals surface area (Å²) in [6, 6.07) is 6.64. The van der Waals surface area contributed by atoms with Gasteiger partial charge in [-0.1, -0.05) is 17.4 Å². The topological polar surface area (TPSA) is 107 Å². The van der Waals surface area contributed by atoms with Gasteiger partial charge in [0, 0.05) is 32.2 Å². The van der Waals surface area contributed by atoms with E-state index in [4.69, 9.17) is 19.2 Å². The van der Waals surface area contributed by atoms with Gasteiger partial charge in [-0.3, -0.25) is 24.7 Å². The molecule has 0 aliphatic carbocycles. The number of aromatic nitrogens is 1. The lowest BCUT2D eigenvalue weighted by atomic mass is 10.1. The lowest BCUT2D eigenvalue weighted by Crippen LogP contribution is -2.43. The molecule has 1 aliphatic heterocycles. The largest absolute Gasteiger partial charge is 0.493 e. The monoisotopic (exact) mass is 500 g/mol. The van der Waals surface area contributed by atoms with Crippen LogP contribution in [-0.4, -0.2) is 74.3 Å². The van der Waals surface area contributed by atoms with Crippen molar-refractivity contribution in [3.05, 3.63) is 51.1 Å². The Morgan fingerprint density at radius 2 is 1.86 bits per heavy atom. The number of nitro benzene ring substituents is 1. The third-order valence-corrected chi connectivity index (χ3v) is 7.19. The highest BCUT2D eigenvalue weighted by Gasteiger charge is 2.31. The third kappa shape index (κ3) is 5.21. The number of aryl methyl sites for hydroxylation is 2. The Bertz CT molecular complexity index is 1250. The number of hydrogen-bond acceptors (Lipinski definition) is 9. The molecule has 0 radical (unpaired) electrons. The summed E-state index contributed by atoms with van der Waals surface area (Å²) in [7, 11) is 2.82. The number of hydrogen-bond donors (Lipinski definition) is 0. The number of rotatable bonds is 8. The quantitative estimate of drug-likeness (QED) is 0.339. The number of nitro groups is 1. The van der Waals surface area contributed by atoms with Gasteiger partial charge in [0.1, 0.15) is 5.56 Å². The lowest BCUT2D eigenvalue weighted by Gasteiger charge is -2.29. The van der Waals surface area contributed by atoms with Crippen LogP contribution >= 0.6 is 11.3 Å². The molecule has 2 heterocycles. The summed E-state index contributed by atoms with van der Waals surface area (Å²) < 4.78 is 17.0. The first-order valence-corrected chi connectivity index (χ1v) is 12.0. The van der Waals surface area contributed by atoms with Gasteiger partial charge in [-0.25, -0.2) is 4.98 Å². The predicted octanol–water partition coefficient (Wildman–Crippen LogP) is 3.82. The molecular weight excluding hydrogens is 472 g/mol. The molecule has 1 fully saturated rings. The van der Waals surface area contributed by atoms with Crippen molar-refractivity contribution < 1.29 is 23.9 Å². The Morgan fingerprint density at radius 1 is 1.17 bits per heavy atom. The van der Waals surface area contributed by atoms with Gasteiger partial charge >= 0.3 is 0 Å². The first-order valence-electron chi connectivity index (χ1n) is 11.2. The van der Waals surface area contributed by atoms with Gasteiger partial charge < -0.3 is 14.2 Å². The molecule has 1 saturated heterocycles. The summed E-state index contributed by atoms with van der Waals surface area (Å²) in [5.41, 5.74) is 2.52. The average molecular weight is 501 g/mol. The van der Waals surface area contributed by atoms with Crippen LogP contribution in [0.3, 0.4) is 0 Å². The number of methoxy groups -OCH3 is 2. The minimum Gasteiger partial charge on any atom is -0.493 e. The smallest absolute Gasteiger partial charge is 0.286 e. The van der Waals surface area contributed by atoms with Gasteiger partial charge in [-0.05, 0) is 31.0 Å². The molecule has 10 nitrogen and oxygen atoms in total. The molecule has 2 aromatic carbocycles. The summed E-state index contributed by atoms with van der Waals surface area (Å²) in [6.07, 6.45) is 0. The number of benzene rings is 2. The molecule has 4 rings (SSSR count). The van der Waals surface area contributed by atoms with Gasteiger partial charge in [-0.15, -0.1) is 0 Å². The number of amides is 1. The van der Waals surface area contributed by atoms with Crippen LogP contribution in [0.25, 0.3) is 10.2 Å². The minimum absolute atomic E-state index is 0.0817. The van der Waals surface area contributed by atoms with Crippen molar-refractivity contribution in [3.8, 4) is 11.5 Å². The van der Waals surface area contributed by atoms with Crippen molar-refractivity contribution in [1.29, 1.82) is 0 Å². The maximum atomic E-state index is 13.9. The van der Waals surface area contributed by atoms with Crippen molar-refractivity contribution in [2.45, 2.75) is 13.8 Å². The number of thiazole rings is 1. The summed E-state index contributed by atoms with van der Waals surface area (Å²) in [5.74, 6) is -0.0913. The van der Waals surface area contributed by atoms with Crippen molar-refractivity contribution in [3.63, 3.8) is 0 Å². The SMILES string of the molecule is COc1cc(C(=O)N(CCN2CCOCC2)c2nc3cc(C)cc(C)c3s2)c([N+](=O)[O-])cc1OC. The van der Waals surface area contributed by atoms with Crippen LogP contribution in [0.5, 0.6) is 11.5 Å². The summed E-state index contributed by atoms with van der Waals surface area (Å²) in [4.78, 5) is 33.7. The average Bonchev–Trinajstić information content (AvgIpc) is 3.27. The second-order valence-corrected chi connectivity index (χ2v) is 9.30. The number of ether oxygens (including phenoxy) is 3. The van der Waals surface area contributed by atoms with E-state index in [0.717, 1.165) is 34.4 Å². The first-order chi connectivity index (χ1) is 16.8. The van der Waals surface area contributed by atoms with E-state index in [9.17, 15) is 14.9 Å². The Morgan fingerprint density at radius 3 is 2.51 bits per heavy atom.